The predicted molar refractivity (Wildman–Crippen MR) is 131 cm³/mol. The summed E-state index contributed by atoms with van der Waals surface area (Å²) in [7, 11) is 2.17. The molecule has 158 valence electrons. The first-order chi connectivity index (χ1) is 15.1. The molecule has 0 radical (unpaired) electrons. The van der Waals surface area contributed by atoms with Crippen molar-refractivity contribution >= 4 is 55.7 Å². The molecule has 0 amide bonds. The van der Waals surface area contributed by atoms with E-state index >= 15 is 0 Å². The Kier molecular flexibility index (Phi) is 5.48. The highest BCUT2D eigenvalue weighted by Gasteiger charge is 2.14. The number of halogens is 1. The number of H-pyrrole nitrogens is 1. The molecule has 3 N–H and O–H groups in total. The van der Waals surface area contributed by atoms with Gasteiger partial charge < -0.3 is 25.4 Å². The lowest BCUT2D eigenvalue weighted by molar-refractivity contribution is 0.313. The Hall–Kier alpha value is -3.10. The van der Waals surface area contributed by atoms with Crippen LogP contribution in [0.5, 0.6) is 0 Å². The Balaban J connectivity index is 1.29. The number of nitrogens with one attached hydrogen (secondary N) is 3. The van der Waals surface area contributed by atoms with Gasteiger partial charge in [-0.1, -0.05) is 0 Å². The summed E-state index contributed by atoms with van der Waals surface area (Å²) < 4.78 is 0.803. The minimum Gasteiger partial charge on any atom is -0.369 e. The van der Waals surface area contributed by atoms with E-state index in [-0.39, 0.29) is 0 Å². The van der Waals surface area contributed by atoms with Crippen molar-refractivity contribution in [1.29, 1.82) is 0 Å². The molecule has 8 heteroatoms. The summed E-state index contributed by atoms with van der Waals surface area (Å²) in [5.41, 5.74) is 4.28. The third-order valence-corrected chi connectivity index (χ3v) is 6.13. The zero-order chi connectivity index (χ0) is 21.2. The van der Waals surface area contributed by atoms with Crippen LogP contribution in [0, 0.1) is 0 Å². The number of benzene rings is 2. The summed E-state index contributed by atoms with van der Waals surface area (Å²) in [6.45, 7) is 4.31. The maximum atomic E-state index is 4.65. The molecular formula is C23H24BrN7. The number of hydrogen-bond acceptors (Lipinski definition) is 6. The molecule has 2 aromatic heterocycles. The molecule has 0 aliphatic carbocycles. The molecule has 31 heavy (non-hydrogen) atoms. The molecule has 1 fully saturated rings. The fraction of sp³-hybridized carbons (Fsp3) is 0.217. The van der Waals surface area contributed by atoms with Gasteiger partial charge in [0.2, 0.25) is 5.95 Å². The van der Waals surface area contributed by atoms with E-state index in [1.807, 2.05) is 24.4 Å². The van der Waals surface area contributed by atoms with Crippen LogP contribution in [0.25, 0.3) is 10.9 Å². The molecule has 1 saturated heterocycles. The SMILES string of the molecule is CN1CCN(c2ccc(Nc3ncc(Br)c(Nc4ccc5[nH]ccc5c4)n3)cc2)CC1. The van der Waals surface area contributed by atoms with Crippen molar-refractivity contribution in [3.05, 3.63) is 65.4 Å². The second-order valence-corrected chi connectivity index (χ2v) is 8.61. The summed E-state index contributed by atoms with van der Waals surface area (Å²) in [5, 5.41) is 7.83. The highest BCUT2D eigenvalue weighted by molar-refractivity contribution is 9.10. The number of aromatic nitrogens is 3. The third-order valence-electron chi connectivity index (χ3n) is 5.55. The fourth-order valence-electron chi connectivity index (χ4n) is 3.73. The molecule has 0 bridgehead atoms. The van der Waals surface area contributed by atoms with Gasteiger partial charge in [0.25, 0.3) is 0 Å². The average molecular weight is 478 g/mol. The number of nitrogens with zero attached hydrogens (tertiary/aromatic N) is 4. The Morgan fingerprint density at radius 2 is 1.71 bits per heavy atom. The van der Waals surface area contributed by atoms with Crippen LogP contribution in [0.2, 0.25) is 0 Å². The van der Waals surface area contributed by atoms with Crippen LogP contribution < -0.4 is 15.5 Å². The second-order valence-electron chi connectivity index (χ2n) is 7.76. The zero-order valence-electron chi connectivity index (χ0n) is 17.3. The van der Waals surface area contributed by atoms with Gasteiger partial charge in [0, 0.05) is 66.5 Å². The number of piperazine rings is 1. The van der Waals surface area contributed by atoms with E-state index < -0.39 is 0 Å². The van der Waals surface area contributed by atoms with Gasteiger partial charge in [0.05, 0.1) is 4.47 Å². The van der Waals surface area contributed by atoms with Crippen LogP contribution >= 0.6 is 15.9 Å². The highest BCUT2D eigenvalue weighted by atomic mass is 79.9. The minimum atomic E-state index is 0.542. The van der Waals surface area contributed by atoms with Gasteiger partial charge in [-0.15, -0.1) is 0 Å². The van der Waals surface area contributed by atoms with Gasteiger partial charge in [0.1, 0.15) is 5.82 Å². The van der Waals surface area contributed by atoms with E-state index in [1.54, 1.807) is 6.20 Å². The van der Waals surface area contributed by atoms with Crippen LogP contribution in [0.1, 0.15) is 0 Å². The Bertz CT molecular complexity index is 1180. The number of anilines is 5. The Morgan fingerprint density at radius 3 is 2.52 bits per heavy atom. The molecule has 4 aromatic rings. The third kappa shape index (κ3) is 4.50. The number of rotatable bonds is 5. The van der Waals surface area contributed by atoms with Crippen molar-refractivity contribution in [2.45, 2.75) is 0 Å². The largest absolute Gasteiger partial charge is 0.369 e. The number of likely N-dealkylation sites (N-methyl/N-ethyl adjacent to an activating group) is 1. The number of fused-ring (bicyclic) bond motifs is 1. The number of aromatic amines is 1. The first kappa shape index (κ1) is 19.8. The number of hydrogen-bond donors (Lipinski definition) is 3. The smallest absolute Gasteiger partial charge is 0.229 e. The van der Waals surface area contributed by atoms with Gasteiger partial charge in [-0.05, 0) is 71.5 Å². The molecule has 7 nitrogen and oxygen atoms in total. The van der Waals surface area contributed by atoms with Gasteiger partial charge in [0.15, 0.2) is 0 Å². The summed E-state index contributed by atoms with van der Waals surface area (Å²) >= 11 is 3.54. The van der Waals surface area contributed by atoms with Crippen LogP contribution in [0.3, 0.4) is 0 Å². The quantitative estimate of drug-likeness (QED) is 0.377. The zero-order valence-corrected chi connectivity index (χ0v) is 18.9. The van der Waals surface area contributed by atoms with Crippen LogP contribution in [0.15, 0.2) is 65.4 Å². The molecule has 5 rings (SSSR count). The van der Waals surface area contributed by atoms with Gasteiger partial charge >= 0.3 is 0 Å². The maximum Gasteiger partial charge on any atom is 0.229 e. The summed E-state index contributed by atoms with van der Waals surface area (Å²) in [6, 6.07) is 16.7. The molecule has 1 aliphatic rings. The van der Waals surface area contributed by atoms with Crippen molar-refractivity contribution in [1.82, 2.24) is 19.9 Å². The standard InChI is InChI=1S/C23H24BrN7/c1-30-10-12-31(13-11-30)19-5-2-17(3-6-19)28-23-26-15-20(24)22(29-23)27-18-4-7-21-16(14-18)8-9-25-21/h2-9,14-15,25H,10-13H2,1H3,(H2,26,27,28,29). The highest BCUT2D eigenvalue weighted by Crippen LogP contribution is 2.27. The predicted octanol–water partition coefficient (Wildman–Crippen LogP) is 4.96. The lowest BCUT2D eigenvalue weighted by Gasteiger charge is -2.34. The molecular weight excluding hydrogens is 454 g/mol. The topological polar surface area (TPSA) is 72.1 Å². The van der Waals surface area contributed by atoms with Gasteiger partial charge in [-0.3, -0.25) is 0 Å². The van der Waals surface area contributed by atoms with Gasteiger partial charge in [-0.25, -0.2) is 4.98 Å². The fourth-order valence-corrected chi connectivity index (χ4v) is 4.02. The van der Waals surface area contributed by atoms with Crippen molar-refractivity contribution < 1.29 is 0 Å². The summed E-state index contributed by atoms with van der Waals surface area (Å²) in [4.78, 5) is 17.0. The van der Waals surface area contributed by atoms with Crippen molar-refractivity contribution in [2.24, 2.45) is 0 Å². The van der Waals surface area contributed by atoms with Gasteiger partial charge in [-0.2, -0.15) is 4.98 Å². The summed E-state index contributed by atoms with van der Waals surface area (Å²) in [5.74, 6) is 1.25. The summed E-state index contributed by atoms with van der Waals surface area (Å²) in [6.07, 6.45) is 3.69. The molecule has 0 atom stereocenters. The van der Waals surface area contributed by atoms with E-state index in [4.69, 9.17) is 0 Å². The minimum absolute atomic E-state index is 0.542. The van der Waals surface area contributed by atoms with Crippen LogP contribution in [-0.2, 0) is 0 Å². The maximum absolute atomic E-state index is 4.65. The first-order valence-electron chi connectivity index (χ1n) is 10.3. The van der Waals surface area contributed by atoms with E-state index in [9.17, 15) is 0 Å². The van der Waals surface area contributed by atoms with Crippen molar-refractivity contribution in [3.8, 4) is 0 Å². The first-order valence-corrected chi connectivity index (χ1v) is 11.1. The van der Waals surface area contributed by atoms with E-state index in [1.165, 1.54) is 5.69 Å². The molecule has 3 heterocycles. The second kappa shape index (κ2) is 8.56. The Morgan fingerprint density at radius 1 is 0.935 bits per heavy atom. The van der Waals surface area contributed by atoms with Crippen molar-refractivity contribution in [2.75, 3.05) is 48.8 Å². The lowest BCUT2D eigenvalue weighted by atomic mass is 10.2. The normalized spacial score (nSPS) is 14.7. The van der Waals surface area contributed by atoms with E-state index in [0.717, 1.165) is 52.9 Å². The lowest BCUT2D eigenvalue weighted by Crippen LogP contribution is -2.44. The molecule has 2 aromatic carbocycles. The van der Waals surface area contributed by atoms with E-state index in [2.05, 4.69) is 88.7 Å². The Labute approximate surface area is 189 Å². The molecule has 1 aliphatic heterocycles. The monoisotopic (exact) mass is 477 g/mol. The van der Waals surface area contributed by atoms with Crippen LogP contribution in [-0.4, -0.2) is 53.1 Å². The molecule has 0 spiro atoms. The van der Waals surface area contributed by atoms with E-state index in [0.29, 0.717) is 11.8 Å². The van der Waals surface area contributed by atoms with Crippen molar-refractivity contribution in [3.63, 3.8) is 0 Å². The van der Waals surface area contributed by atoms with Crippen LogP contribution in [0.4, 0.5) is 28.8 Å². The molecule has 0 saturated carbocycles. The average Bonchev–Trinajstić information content (AvgIpc) is 3.25. The molecule has 0 unspecified atom stereocenters.